The van der Waals surface area contributed by atoms with Crippen LogP contribution in [0.25, 0.3) is 5.82 Å². The van der Waals surface area contributed by atoms with Gasteiger partial charge < -0.3 is 9.88 Å². The van der Waals surface area contributed by atoms with E-state index in [0.29, 0.717) is 5.56 Å². The van der Waals surface area contributed by atoms with Gasteiger partial charge in [0.25, 0.3) is 5.91 Å². The molecule has 0 radical (unpaired) electrons. The Morgan fingerprint density at radius 1 is 1.16 bits per heavy atom. The second kappa shape index (κ2) is 7.23. The lowest BCUT2D eigenvalue weighted by atomic mass is 10.1. The summed E-state index contributed by atoms with van der Waals surface area (Å²) in [4.78, 5) is 17.2. The Kier molecular flexibility index (Phi) is 5.04. The molecule has 25 heavy (non-hydrogen) atoms. The van der Waals surface area contributed by atoms with Crippen molar-refractivity contribution in [2.75, 3.05) is 0 Å². The van der Waals surface area contributed by atoms with Gasteiger partial charge >= 0.3 is 0 Å². The Balaban J connectivity index is 1.88. The van der Waals surface area contributed by atoms with Crippen LogP contribution in [0.1, 0.15) is 40.3 Å². The van der Waals surface area contributed by atoms with Crippen molar-refractivity contribution in [2.45, 2.75) is 26.8 Å². The molecular weight excluding hydrogens is 378 g/mol. The van der Waals surface area contributed by atoms with E-state index >= 15 is 0 Å². The molecule has 1 aromatic carbocycles. The molecule has 1 atom stereocenters. The van der Waals surface area contributed by atoms with E-state index in [1.807, 2.05) is 73.9 Å². The van der Waals surface area contributed by atoms with E-state index in [4.69, 9.17) is 0 Å². The summed E-state index contributed by atoms with van der Waals surface area (Å²) in [6.45, 7) is 5.91. The molecule has 128 valence electrons. The van der Waals surface area contributed by atoms with Crippen molar-refractivity contribution in [1.82, 2.24) is 14.9 Å². The van der Waals surface area contributed by atoms with Gasteiger partial charge in [-0.15, -0.1) is 0 Å². The largest absolute Gasteiger partial charge is 0.345 e. The molecule has 1 amide bonds. The number of hydrogen-bond donors (Lipinski definition) is 1. The fraction of sp³-hybridized carbons (Fsp3) is 0.200. The highest BCUT2D eigenvalue weighted by Gasteiger charge is 2.19. The van der Waals surface area contributed by atoms with Crippen LogP contribution in [0, 0.1) is 13.8 Å². The van der Waals surface area contributed by atoms with Crippen molar-refractivity contribution in [3.8, 4) is 5.82 Å². The highest BCUT2D eigenvalue weighted by molar-refractivity contribution is 9.10. The van der Waals surface area contributed by atoms with Crippen LogP contribution in [0.4, 0.5) is 0 Å². The van der Waals surface area contributed by atoms with Crippen molar-refractivity contribution in [3.63, 3.8) is 0 Å². The van der Waals surface area contributed by atoms with Gasteiger partial charge in [0.05, 0.1) is 11.6 Å². The maximum Gasteiger partial charge on any atom is 0.253 e. The van der Waals surface area contributed by atoms with Crippen LogP contribution in [-0.2, 0) is 0 Å². The quantitative estimate of drug-likeness (QED) is 0.690. The Morgan fingerprint density at radius 2 is 1.88 bits per heavy atom. The molecule has 2 aromatic heterocycles. The van der Waals surface area contributed by atoms with E-state index in [0.717, 1.165) is 27.2 Å². The first kappa shape index (κ1) is 17.4. The fourth-order valence-corrected chi connectivity index (χ4v) is 3.64. The Labute approximate surface area is 156 Å². The predicted octanol–water partition coefficient (Wildman–Crippen LogP) is 4.74. The summed E-state index contributed by atoms with van der Waals surface area (Å²) >= 11 is 3.54. The minimum Gasteiger partial charge on any atom is -0.345 e. The van der Waals surface area contributed by atoms with Crippen LogP contribution >= 0.6 is 15.9 Å². The average molecular weight is 398 g/mol. The van der Waals surface area contributed by atoms with Crippen molar-refractivity contribution in [3.05, 3.63) is 81.7 Å². The molecule has 1 N–H and O–H groups in total. The molecule has 0 saturated carbocycles. The predicted molar refractivity (Wildman–Crippen MR) is 103 cm³/mol. The third-order valence-corrected chi connectivity index (χ3v) is 5.00. The first-order valence-electron chi connectivity index (χ1n) is 8.14. The second-order valence-corrected chi connectivity index (χ2v) is 6.88. The lowest BCUT2D eigenvalue weighted by Gasteiger charge is -2.16. The van der Waals surface area contributed by atoms with Crippen LogP contribution in [0.5, 0.6) is 0 Å². The zero-order chi connectivity index (χ0) is 18.0. The standard InChI is InChI=1S/C20H20BrN3O/c1-13-12-17(15(3)24(13)19-10-6-7-11-22-19)20(25)23-14(2)16-8-4-5-9-18(16)21/h4-12,14H,1-3H3,(H,23,25). The molecule has 5 heteroatoms. The molecule has 0 bridgehead atoms. The Bertz CT molecular complexity index is 903. The van der Waals surface area contributed by atoms with Gasteiger partial charge in [-0.05, 0) is 50.6 Å². The summed E-state index contributed by atoms with van der Waals surface area (Å²) in [5.41, 5.74) is 3.58. The number of aryl methyl sites for hydroxylation is 1. The van der Waals surface area contributed by atoms with E-state index in [9.17, 15) is 4.79 Å². The van der Waals surface area contributed by atoms with Crippen molar-refractivity contribution < 1.29 is 4.79 Å². The number of halogens is 1. The summed E-state index contributed by atoms with van der Waals surface area (Å²) in [5.74, 6) is 0.730. The molecule has 0 aliphatic carbocycles. The zero-order valence-electron chi connectivity index (χ0n) is 14.5. The van der Waals surface area contributed by atoms with Crippen molar-refractivity contribution >= 4 is 21.8 Å². The molecule has 3 rings (SSSR count). The van der Waals surface area contributed by atoms with E-state index in [1.165, 1.54) is 0 Å². The highest BCUT2D eigenvalue weighted by atomic mass is 79.9. The summed E-state index contributed by atoms with van der Waals surface area (Å²) in [6.07, 6.45) is 1.75. The molecule has 0 spiro atoms. The van der Waals surface area contributed by atoms with Gasteiger partial charge in [-0.3, -0.25) is 4.79 Å². The van der Waals surface area contributed by atoms with Gasteiger partial charge in [-0.25, -0.2) is 4.98 Å². The first-order valence-corrected chi connectivity index (χ1v) is 8.94. The van der Waals surface area contributed by atoms with Crippen molar-refractivity contribution in [2.24, 2.45) is 0 Å². The number of aromatic nitrogens is 2. The first-order chi connectivity index (χ1) is 12.0. The van der Waals surface area contributed by atoms with Crippen LogP contribution < -0.4 is 5.32 Å². The zero-order valence-corrected chi connectivity index (χ0v) is 16.0. The second-order valence-electron chi connectivity index (χ2n) is 6.02. The third kappa shape index (κ3) is 3.51. The van der Waals surface area contributed by atoms with Gasteiger partial charge in [-0.2, -0.15) is 0 Å². The number of amides is 1. The smallest absolute Gasteiger partial charge is 0.253 e. The molecule has 0 aliphatic rings. The lowest BCUT2D eigenvalue weighted by Crippen LogP contribution is -2.27. The number of carbonyl (C=O) groups is 1. The van der Waals surface area contributed by atoms with Gasteiger partial charge in [-0.1, -0.05) is 40.2 Å². The minimum atomic E-state index is -0.0963. The maximum absolute atomic E-state index is 12.8. The normalized spacial score (nSPS) is 12.0. The van der Waals surface area contributed by atoms with Crippen LogP contribution in [0.15, 0.2) is 59.2 Å². The molecule has 0 fully saturated rings. The Morgan fingerprint density at radius 3 is 2.56 bits per heavy atom. The van der Waals surface area contributed by atoms with Gasteiger partial charge in [0.15, 0.2) is 0 Å². The minimum absolute atomic E-state index is 0.0847. The topological polar surface area (TPSA) is 46.9 Å². The van der Waals surface area contributed by atoms with Crippen LogP contribution in [-0.4, -0.2) is 15.5 Å². The Hall–Kier alpha value is -2.40. The van der Waals surface area contributed by atoms with Gasteiger partial charge in [0, 0.05) is 22.1 Å². The number of carbonyl (C=O) groups excluding carboxylic acids is 1. The van der Waals surface area contributed by atoms with E-state index in [-0.39, 0.29) is 11.9 Å². The van der Waals surface area contributed by atoms with E-state index < -0.39 is 0 Å². The summed E-state index contributed by atoms with van der Waals surface area (Å²) in [7, 11) is 0. The van der Waals surface area contributed by atoms with Gasteiger partial charge in [0.2, 0.25) is 0 Å². The number of nitrogens with zero attached hydrogens (tertiary/aromatic N) is 2. The average Bonchev–Trinajstić information content (AvgIpc) is 2.90. The number of nitrogens with one attached hydrogen (secondary N) is 1. The number of benzene rings is 1. The van der Waals surface area contributed by atoms with Crippen LogP contribution in [0.2, 0.25) is 0 Å². The summed E-state index contributed by atoms with van der Waals surface area (Å²) < 4.78 is 2.99. The van der Waals surface area contributed by atoms with Gasteiger partial charge in [0.1, 0.15) is 5.82 Å². The maximum atomic E-state index is 12.8. The number of hydrogen-bond acceptors (Lipinski definition) is 2. The summed E-state index contributed by atoms with van der Waals surface area (Å²) in [6, 6.07) is 15.5. The monoisotopic (exact) mass is 397 g/mol. The highest BCUT2D eigenvalue weighted by Crippen LogP contribution is 2.24. The molecule has 1 unspecified atom stereocenters. The van der Waals surface area contributed by atoms with E-state index in [2.05, 4.69) is 26.2 Å². The third-order valence-electron chi connectivity index (χ3n) is 4.27. The molecular formula is C20H20BrN3O. The summed E-state index contributed by atoms with van der Waals surface area (Å²) in [5, 5.41) is 3.08. The molecule has 0 saturated heterocycles. The van der Waals surface area contributed by atoms with E-state index in [1.54, 1.807) is 6.20 Å². The molecule has 3 aromatic rings. The van der Waals surface area contributed by atoms with Crippen molar-refractivity contribution in [1.29, 1.82) is 0 Å². The number of pyridine rings is 1. The molecule has 4 nitrogen and oxygen atoms in total. The van der Waals surface area contributed by atoms with Crippen LogP contribution in [0.3, 0.4) is 0 Å². The lowest BCUT2D eigenvalue weighted by molar-refractivity contribution is 0.0939. The fourth-order valence-electron chi connectivity index (χ4n) is 3.01. The molecule has 2 heterocycles. The molecule has 0 aliphatic heterocycles. The number of rotatable bonds is 4. The SMILES string of the molecule is Cc1cc(C(=O)NC(C)c2ccccc2Br)c(C)n1-c1ccccn1.